The lowest BCUT2D eigenvalue weighted by atomic mass is 10.1. The van der Waals surface area contributed by atoms with Crippen molar-refractivity contribution in [3.05, 3.63) is 77.4 Å². The highest BCUT2D eigenvalue weighted by Gasteiger charge is 2.51. The van der Waals surface area contributed by atoms with E-state index in [1.165, 1.54) is 18.5 Å². The second kappa shape index (κ2) is 9.40. The maximum atomic E-state index is 14.6. The topological polar surface area (TPSA) is 122 Å². The summed E-state index contributed by atoms with van der Waals surface area (Å²) in [5, 5.41) is 7.32. The summed E-state index contributed by atoms with van der Waals surface area (Å²) >= 11 is 0. The molecule has 1 aliphatic carbocycles. The number of nitrogens with two attached hydrogens (primary N) is 1. The Morgan fingerprint density at radius 3 is 2.44 bits per heavy atom. The lowest BCUT2D eigenvalue weighted by molar-refractivity contribution is -0.137. The molecule has 0 atom stereocenters. The average Bonchev–Trinajstić information content (AvgIpc) is 3.59. The molecule has 8 nitrogen and oxygen atoms in total. The van der Waals surface area contributed by atoms with Gasteiger partial charge in [0.2, 0.25) is 5.91 Å². The summed E-state index contributed by atoms with van der Waals surface area (Å²) in [5.41, 5.74) is 2.34. The van der Waals surface area contributed by atoms with Crippen molar-refractivity contribution in [1.29, 1.82) is 0 Å². The first kappa shape index (κ1) is 24.8. The lowest BCUT2D eigenvalue weighted by Gasteiger charge is -2.18. The lowest BCUT2D eigenvalue weighted by Crippen LogP contribution is -2.48. The highest BCUT2D eigenvalue weighted by molar-refractivity contribution is 6.00. The van der Waals surface area contributed by atoms with E-state index >= 15 is 0 Å². The predicted molar refractivity (Wildman–Crippen MR) is 119 cm³/mol. The number of carbonyl (C=O) groups excluding carboxylic acids is 2. The first-order valence-corrected chi connectivity index (χ1v) is 10.6. The molecule has 2 aromatic heterocycles. The van der Waals surface area contributed by atoms with E-state index < -0.39 is 46.4 Å². The van der Waals surface area contributed by atoms with Crippen LogP contribution in [0.15, 0.2) is 48.9 Å². The molecule has 0 unspecified atom stereocenters. The van der Waals surface area contributed by atoms with E-state index in [9.17, 15) is 31.5 Å². The number of anilines is 3. The number of rotatable bonds is 7. The van der Waals surface area contributed by atoms with Gasteiger partial charge in [-0.3, -0.25) is 19.6 Å². The van der Waals surface area contributed by atoms with E-state index in [-0.39, 0.29) is 29.2 Å². The molecule has 1 aromatic carbocycles. The van der Waals surface area contributed by atoms with Gasteiger partial charge in [0.15, 0.2) is 0 Å². The maximum Gasteiger partial charge on any atom is 0.418 e. The molecule has 1 fully saturated rings. The number of pyridine rings is 2. The van der Waals surface area contributed by atoms with E-state index in [1.54, 1.807) is 0 Å². The van der Waals surface area contributed by atoms with Crippen LogP contribution in [-0.2, 0) is 17.5 Å². The number of hydrogen-bond acceptors (Lipinski definition) is 6. The molecule has 4 rings (SSSR count). The van der Waals surface area contributed by atoms with Crippen LogP contribution in [0.4, 0.5) is 39.0 Å². The van der Waals surface area contributed by atoms with Gasteiger partial charge in [-0.25, -0.2) is 8.78 Å². The van der Waals surface area contributed by atoms with Crippen molar-refractivity contribution in [2.45, 2.75) is 31.1 Å². The number of carbonyl (C=O) groups is 2. The van der Waals surface area contributed by atoms with Gasteiger partial charge in [0.25, 0.3) is 5.91 Å². The van der Waals surface area contributed by atoms with Crippen LogP contribution < -0.4 is 21.7 Å². The molecule has 3 aromatic rings. The molecule has 2 amide bonds. The van der Waals surface area contributed by atoms with Gasteiger partial charge in [-0.15, -0.1) is 0 Å². The SMILES string of the molecule is Nc1cncc(C(=O)NC2(C(=O)NCc3ncc(Nc4c(F)cccc4C(F)(F)F)cc3F)CC2)c1. The Balaban J connectivity index is 1.41. The zero-order chi connectivity index (χ0) is 26.1. The van der Waals surface area contributed by atoms with Crippen molar-refractivity contribution in [1.82, 2.24) is 20.6 Å². The summed E-state index contributed by atoms with van der Waals surface area (Å²) in [6.07, 6.45) is -0.429. The molecule has 0 aliphatic heterocycles. The Bertz CT molecular complexity index is 1330. The molecular weight excluding hydrogens is 487 g/mol. The number of benzene rings is 1. The normalized spacial score (nSPS) is 14.1. The van der Waals surface area contributed by atoms with Gasteiger partial charge < -0.3 is 21.7 Å². The third-order valence-corrected chi connectivity index (χ3v) is 5.48. The zero-order valence-electron chi connectivity index (χ0n) is 18.4. The van der Waals surface area contributed by atoms with Crippen LogP contribution >= 0.6 is 0 Å². The highest BCUT2D eigenvalue weighted by Crippen LogP contribution is 2.38. The number of alkyl halides is 3. The molecule has 188 valence electrons. The van der Waals surface area contributed by atoms with Crippen molar-refractivity contribution in [3.8, 4) is 0 Å². The predicted octanol–water partition coefficient (Wildman–Crippen LogP) is 3.68. The van der Waals surface area contributed by atoms with E-state index in [0.29, 0.717) is 18.9 Å². The largest absolute Gasteiger partial charge is 0.418 e. The van der Waals surface area contributed by atoms with Gasteiger partial charge >= 0.3 is 6.18 Å². The molecular formula is C23H19F5N6O2. The molecule has 5 N–H and O–H groups in total. The molecule has 36 heavy (non-hydrogen) atoms. The Kier molecular flexibility index (Phi) is 6.48. The molecule has 13 heteroatoms. The number of para-hydroxylation sites is 1. The zero-order valence-corrected chi connectivity index (χ0v) is 18.4. The first-order valence-electron chi connectivity index (χ1n) is 10.6. The molecule has 0 bridgehead atoms. The summed E-state index contributed by atoms with van der Waals surface area (Å²) < 4.78 is 68.1. The van der Waals surface area contributed by atoms with Gasteiger partial charge in [0.05, 0.1) is 46.6 Å². The van der Waals surface area contributed by atoms with Crippen molar-refractivity contribution in [2.75, 3.05) is 11.1 Å². The fourth-order valence-corrected chi connectivity index (χ4v) is 3.43. The fourth-order valence-electron chi connectivity index (χ4n) is 3.43. The van der Waals surface area contributed by atoms with E-state index in [4.69, 9.17) is 5.73 Å². The highest BCUT2D eigenvalue weighted by atomic mass is 19.4. The quantitative estimate of drug-likeness (QED) is 0.363. The molecule has 0 spiro atoms. The number of nitrogens with zero attached hydrogens (tertiary/aromatic N) is 2. The molecule has 2 heterocycles. The van der Waals surface area contributed by atoms with Crippen molar-refractivity contribution >= 4 is 28.9 Å². The number of amides is 2. The van der Waals surface area contributed by atoms with E-state index in [2.05, 4.69) is 25.9 Å². The number of aromatic nitrogens is 2. The van der Waals surface area contributed by atoms with Gasteiger partial charge in [-0.1, -0.05) is 6.07 Å². The van der Waals surface area contributed by atoms with E-state index in [1.807, 2.05) is 0 Å². The second-order valence-electron chi connectivity index (χ2n) is 8.16. The Morgan fingerprint density at radius 1 is 1.06 bits per heavy atom. The minimum atomic E-state index is -4.83. The summed E-state index contributed by atoms with van der Waals surface area (Å²) in [4.78, 5) is 32.7. The smallest absolute Gasteiger partial charge is 0.397 e. The molecule has 1 aliphatic rings. The van der Waals surface area contributed by atoms with E-state index in [0.717, 1.165) is 24.4 Å². The molecule has 0 saturated heterocycles. The van der Waals surface area contributed by atoms with Crippen LogP contribution in [0.3, 0.4) is 0 Å². The number of hydrogen-bond donors (Lipinski definition) is 4. The van der Waals surface area contributed by atoms with Crippen molar-refractivity contribution < 1.29 is 31.5 Å². The fraction of sp³-hybridized carbons (Fsp3) is 0.217. The van der Waals surface area contributed by atoms with Crippen LogP contribution in [0, 0.1) is 11.6 Å². The van der Waals surface area contributed by atoms with Gasteiger partial charge in [0, 0.05) is 18.5 Å². The third kappa shape index (κ3) is 5.34. The Labute approximate surface area is 201 Å². The number of nitrogens with one attached hydrogen (secondary N) is 3. The Morgan fingerprint density at radius 2 is 1.81 bits per heavy atom. The molecule has 0 radical (unpaired) electrons. The van der Waals surface area contributed by atoms with Crippen LogP contribution in [-0.4, -0.2) is 27.3 Å². The van der Waals surface area contributed by atoms with Gasteiger partial charge in [0.1, 0.15) is 17.2 Å². The van der Waals surface area contributed by atoms with Crippen LogP contribution in [0.1, 0.15) is 34.5 Å². The standard InChI is InChI=1S/C23H19F5N6O2/c24-16-3-1-2-15(23(26,27)28)19(16)33-14-7-17(25)18(31-10-14)11-32-21(36)22(4-5-22)34-20(35)12-6-13(29)9-30-8-12/h1-3,6-10,33H,4-5,11,29H2,(H,32,36)(H,34,35). The number of nitrogen functional groups attached to an aromatic ring is 1. The van der Waals surface area contributed by atoms with Crippen molar-refractivity contribution in [3.63, 3.8) is 0 Å². The minimum absolute atomic E-state index is 0.174. The third-order valence-electron chi connectivity index (χ3n) is 5.48. The summed E-state index contributed by atoms with van der Waals surface area (Å²) in [7, 11) is 0. The summed E-state index contributed by atoms with van der Waals surface area (Å²) in [6, 6.07) is 4.68. The summed E-state index contributed by atoms with van der Waals surface area (Å²) in [5.74, 6) is -3.22. The monoisotopic (exact) mass is 506 g/mol. The Hall–Kier alpha value is -4.29. The second-order valence-corrected chi connectivity index (χ2v) is 8.16. The first-order chi connectivity index (χ1) is 17.0. The summed E-state index contributed by atoms with van der Waals surface area (Å²) in [6.45, 7) is -0.351. The van der Waals surface area contributed by atoms with Crippen LogP contribution in [0.5, 0.6) is 0 Å². The minimum Gasteiger partial charge on any atom is -0.397 e. The molecule has 1 saturated carbocycles. The van der Waals surface area contributed by atoms with Gasteiger partial charge in [-0.05, 0) is 31.0 Å². The maximum absolute atomic E-state index is 14.6. The number of halogens is 5. The van der Waals surface area contributed by atoms with Crippen LogP contribution in [0.25, 0.3) is 0 Å². The van der Waals surface area contributed by atoms with Crippen molar-refractivity contribution in [2.24, 2.45) is 0 Å². The average molecular weight is 506 g/mol. The van der Waals surface area contributed by atoms with Crippen LogP contribution in [0.2, 0.25) is 0 Å². The van der Waals surface area contributed by atoms with Gasteiger partial charge in [-0.2, -0.15) is 13.2 Å².